The minimum Gasteiger partial charge on any atom is -0.426 e. The second kappa shape index (κ2) is 7.22. The maximum absolute atomic E-state index is 12.4. The first-order valence-corrected chi connectivity index (χ1v) is 9.54. The Morgan fingerprint density at radius 1 is 1.11 bits per heavy atom. The number of imide groups is 1. The van der Waals surface area contributed by atoms with Crippen LogP contribution in [0.4, 0.5) is 0 Å². The Morgan fingerprint density at radius 3 is 2.46 bits per heavy atom. The lowest BCUT2D eigenvalue weighted by Crippen LogP contribution is -2.33. The van der Waals surface area contributed by atoms with E-state index in [1.54, 1.807) is 19.1 Å². The molecule has 7 heteroatoms. The molecule has 2 fully saturated rings. The molecule has 4 rings (SSSR count). The zero-order valence-corrected chi connectivity index (χ0v) is 15.6. The topological polar surface area (TPSA) is 93.9 Å². The van der Waals surface area contributed by atoms with Crippen LogP contribution in [0.3, 0.4) is 0 Å². The van der Waals surface area contributed by atoms with Crippen molar-refractivity contribution in [2.45, 2.75) is 39.0 Å². The van der Waals surface area contributed by atoms with Crippen molar-refractivity contribution in [1.82, 2.24) is 4.90 Å². The molecule has 1 aromatic carbocycles. The number of fused-ring (bicyclic) bond motifs is 2. The maximum Gasteiger partial charge on any atom is 0.336 e. The van der Waals surface area contributed by atoms with Gasteiger partial charge in [0.1, 0.15) is 11.3 Å². The number of carbonyl (C=O) groups is 3. The lowest BCUT2D eigenvalue weighted by molar-refractivity contribution is -0.141. The Bertz CT molecular complexity index is 999. The van der Waals surface area contributed by atoms with Gasteiger partial charge in [-0.3, -0.25) is 19.3 Å². The summed E-state index contributed by atoms with van der Waals surface area (Å²) in [5.74, 6) is -1.06. The molecule has 1 aliphatic carbocycles. The fraction of sp³-hybridized carbons (Fsp3) is 0.429. The van der Waals surface area contributed by atoms with Crippen molar-refractivity contribution in [3.05, 3.63) is 40.2 Å². The predicted octanol–water partition coefficient (Wildman–Crippen LogP) is 2.57. The van der Waals surface area contributed by atoms with Gasteiger partial charge in [0, 0.05) is 24.1 Å². The zero-order chi connectivity index (χ0) is 19.8. The van der Waals surface area contributed by atoms with Crippen LogP contribution >= 0.6 is 0 Å². The summed E-state index contributed by atoms with van der Waals surface area (Å²) in [5, 5.41) is 0.760. The molecule has 2 aliphatic rings. The number of esters is 1. The highest BCUT2D eigenvalue weighted by Crippen LogP contribution is 2.38. The number of ether oxygens (including phenoxy) is 1. The van der Waals surface area contributed by atoms with E-state index in [0.717, 1.165) is 36.6 Å². The third-order valence-corrected chi connectivity index (χ3v) is 5.63. The van der Waals surface area contributed by atoms with Gasteiger partial charge in [-0.1, -0.05) is 12.8 Å². The van der Waals surface area contributed by atoms with Gasteiger partial charge in [0.25, 0.3) is 0 Å². The number of aryl methyl sites for hydroxylation is 1. The van der Waals surface area contributed by atoms with Gasteiger partial charge in [0.2, 0.25) is 11.8 Å². The van der Waals surface area contributed by atoms with Gasteiger partial charge >= 0.3 is 11.6 Å². The monoisotopic (exact) mass is 383 g/mol. The molecule has 1 aliphatic heterocycles. The molecular weight excluding hydrogens is 362 g/mol. The van der Waals surface area contributed by atoms with Gasteiger partial charge in [-0.15, -0.1) is 0 Å². The number of hydrogen-bond donors (Lipinski definition) is 0. The van der Waals surface area contributed by atoms with Gasteiger partial charge in [0.05, 0.1) is 18.3 Å². The van der Waals surface area contributed by atoms with Gasteiger partial charge < -0.3 is 9.15 Å². The van der Waals surface area contributed by atoms with Crippen molar-refractivity contribution in [2.75, 3.05) is 6.54 Å². The molecule has 1 saturated carbocycles. The maximum atomic E-state index is 12.4. The third-order valence-electron chi connectivity index (χ3n) is 5.63. The van der Waals surface area contributed by atoms with Crippen LogP contribution < -0.4 is 10.4 Å². The molecule has 28 heavy (non-hydrogen) atoms. The summed E-state index contributed by atoms with van der Waals surface area (Å²) in [6.45, 7) is 1.83. The van der Waals surface area contributed by atoms with E-state index in [1.807, 2.05) is 0 Å². The average molecular weight is 383 g/mol. The fourth-order valence-corrected chi connectivity index (χ4v) is 4.21. The van der Waals surface area contributed by atoms with Crippen molar-refractivity contribution in [2.24, 2.45) is 11.8 Å². The number of hydrogen-bond acceptors (Lipinski definition) is 6. The molecule has 0 radical (unpaired) electrons. The van der Waals surface area contributed by atoms with Crippen LogP contribution in [-0.4, -0.2) is 29.2 Å². The Kier molecular flexibility index (Phi) is 4.75. The number of benzene rings is 1. The standard InChI is InChI=1S/C21H21NO6/c1-12-10-19(24)28-17-11-13(6-7-14(12)17)27-18(23)8-9-22-20(25)15-4-2-3-5-16(15)21(22)26/h6-7,10-11,15-16H,2-5,8-9H2,1H3/t15-,16-/m0/s1. The summed E-state index contributed by atoms with van der Waals surface area (Å²) in [7, 11) is 0. The number of amides is 2. The van der Waals surface area contributed by atoms with Crippen molar-refractivity contribution in [3.8, 4) is 5.75 Å². The highest BCUT2D eigenvalue weighted by Gasteiger charge is 2.47. The summed E-state index contributed by atoms with van der Waals surface area (Å²) in [5.41, 5.74) is 0.641. The Balaban J connectivity index is 1.41. The SMILES string of the molecule is Cc1cc(=O)oc2cc(OC(=O)CCN3C(=O)[C@H]4CCCC[C@@H]4C3=O)ccc12. The van der Waals surface area contributed by atoms with E-state index in [9.17, 15) is 19.2 Å². The summed E-state index contributed by atoms with van der Waals surface area (Å²) >= 11 is 0. The van der Waals surface area contributed by atoms with Crippen molar-refractivity contribution in [3.63, 3.8) is 0 Å². The van der Waals surface area contributed by atoms with Crippen molar-refractivity contribution >= 4 is 28.8 Å². The second-order valence-electron chi connectivity index (χ2n) is 7.46. The van der Waals surface area contributed by atoms with Crippen LogP contribution in [0.1, 0.15) is 37.7 Å². The summed E-state index contributed by atoms with van der Waals surface area (Å²) < 4.78 is 10.4. The molecule has 1 saturated heterocycles. The molecular formula is C21H21NO6. The van der Waals surface area contributed by atoms with Crippen LogP contribution in [-0.2, 0) is 14.4 Å². The molecule has 7 nitrogen and oxygen atoms in total. The minimum absolute atomic E-state index is 0.0330. The first kappa shape index (κ1) is 18.4. The highest BCUT2D eigenvalue weighted by molar-refractivity contribution is 6.05. The molecule has 1 aromatic heterocycles. The number of rotatable bonds is 4. The molecule has 2 aromatic rings. The summed E-state index contributed by atoms with van der Waals surface area (Å²) in [4.78, 5) is 49.8. The zero-order valence-electron chi connectivity index (χ0n) is 15.6. The van der Waals surface area contributed by atoms with Crippen molar-refractivity contribution in [1.29, 1.82) is 0 Å². The Labute approximate surface area is 161 Å². The molecule has 2 atom stereocenters. The largest absolute Gasteiger partial charge is 0.426 e. The molecule has 0 N–H and O–H groups in total. The third kappa shape index (κ3) is 3.32. The number of carbonyl (C=O) groups excluding carboxylic acids is 3. The lowest BCUT2D eigenvalue weighted by Gasteiger charge is -2.19. The van der Waals surface area contributed by atoms with E-state index in [1.165, 1.54) is 17.0 Å². The average Bonchev–Trinajstić information content (AvgIpc) is 2.90. The summed E-state index contributed by atoms with van der Waals surface area (Å²) in [6.07, 6.45) is 3.35. The quantitative estimate of drug-likeness (QED) is 0.349. The second-order valence-corrected chi connectivity index (χ2v) is 7.46. The number of nitrogens with zero attached hydrogens (tertiary/aromatic N) is 1. The molecule has 2 amide bonds. The first-order valence-electron chi connectivity index (χ1n) is 9.54. The lowest BCUT2D eigenvalue weighted by atomic mass is 9.81. The Morgan fingerprint density at radius 2 is 1.79 bits per heavy atom. The molecule has 2 heterocycles. The highest BCUT2D eigenvalue weighted by atomic mass is 16.5. The van der Waals surface area contributed by atoms with Crippen LogP contribution in [0.25, 0.3) is 11.0 Å². The minimum atomic E-state index is -0.551. The van der Waals surface area contributed by atoms with Gasteiger partial charge in [-0.05, 0) is 37.5 Å². The van der Waals surface area contributed by atoms with E-state index < -0.39 is 11.6 Å². The molecule has 0 spiro atoms. The molecule has 0 bridgehead atoms. The first-order chi connectivity index (χ1) is 13.4. The number of likely N-dealkylation sites (tertiary alicyclic amines) is 1. The van der Waals surface area contributed by atoms with Gasteiger partial charge in [-0.25, -0.2) is 4.79 Å². The van der Waals surface area contributed by atoms with E-state index in [2.05, 4.69) is 0 Å². The van der Waals surface area contributed by atoms with E-state index in [0.29, 0.717) is 5.58 Å². The van der Waals surface area contributed by atoms with Gasteiger partial charge in [-0.2, -0.15) is 0 Å². The van der Waals surface area contributed by atoms with Crippen LogP contribution in [0.15, 0.2) is 33.5 Å². The fourth-order valence-electron chi connectivity index (χ4n) is 4.21. The smallest absolute Gasteiger partial charge is 0.336 e. The molecule has 0 unspecified atom stereocenters. The van der Waals surface area contributed by atoms with Crippen LogP contribution in [0.5, 0.6) is 5.75 Å². The van der Waals surface area contributed by atoms with Crippen LogP contribution in [0.2, 0.25) is 0 Å². The van der Waals surface area contributed by atoms with Crippen LogP contribution in [0, 0.1) is 18.8 Å². The normalized spacial score (nSPS) is 21.8. The van der Waals surface area contributed by atoms with E-state index >= 15 is 0 Å². The Hall–Kier alpha value is -2.96. The predicted molar refractivity (Wildman–Crippen MR) is 99.6 cm³/mol. The molecule has 146 valence electrons. The van der Waals surface area contributed by atoms with E-state index in [4.69, 9.17) is 9.15 Å². The summed E-state index contributed by atoms with van der Waals surface area (Å²) in [6, 6.07) is 6.22. The van der Waals surface area contributed by atoms with E-state index in [-0.39, 0.29) is 42.4 Å². The van der Waals surface area contributed by atoms with Gasteiger partial charge in [0.15, 0.2) is 0 Å². The van der Waals surface area contributed by atoms with Crippen molar-refractivity contribution < 1.29 is 23.5 Å².